The summed E-state index contributed by atoms with van der Waals surface area (Å²) in [5.41, 5.74) is 1.40. The summed E-state index contributed by atoms with van der Waals surface area (Å²) in [6.07, 6.45) is 1.03. The van der Waals surface area contributed by atoms with Crippen LogP contribution in [0, 0.1) is 10.1 Å². The summed E-state index contributed by atoms with van der Waals surface area (Å²) in [6, 6.07) is 17.2. The molecule has 0 amide bonds. The standard InChI is InChI=1S/C16H15NO3Se/c18-17(19)13-8-4-5-9-14(13)21-15-10-11-20-16(15)12-6-2-1-3-7-12/h1-9,15-16H,10-11H2/t15-,16+/m0/s1. The molecule has 0 aliphatic carbocycles. The van der Waals surface area contributed by atoms with E-state index in [9.17, 15) is 10.1 Å². The van der Waals surface area contributed by atoms with E-state index in [2.05, 4.69) is 12.1 Å². The van der Waals surface area contributed by atoms with E-state index in [1.165, 1.54) is 5.56 Å². The summed E-state index contributed by atoms with van der Waals surface area (Å²) >= 11 is 0.0284. The summed E-state index contributed by atoms with van der Waals surface area (Å²) in [4.78, 5) is 11.2. The third-order valence-corrected chi connectivity index (χ3v) is 6.41. The Labute approximate surface area is 129 Å². The normalized spacial score (nSPS) is 21.3. The quantitative estimate of drug-likeness (QED) is 0.485. The van der Waals surface area contributed by atoms with Crippen molar-refractivity contribution in [3.63, 3.8) is 0 Å². The van der Waals surface area contributed by atoms with E-state index in [-0.39, 0.29) is 31.7 Å². The number of nitro benzene ring substituents is 1. The van der Waals surface area contributed by atoms with Crippen LogP contribution in [0.5, 0.6) is 0 Å². The van der Waals surface area contributed by atoms with Gasteiger partial charge in [-0.25, -0.2) is 0 Å². The van der Waals surface area contributed by atoms with Gasteiger partial charge in [-0.15, -0.1) is 0 Å². The Morgan fingerprint density at radius 3 is 2.57 bits per heavy atom. The van der Waals surface area contributed by atoms with Gasteiger partial charge in [0.15, 0.2) is 0 Å². The molecule has 1 aliphatic heterocycles. The number of rotatable bonds is 4. The van der Waals surface area contributed by atoms with Crippen LogP contribution in [0.25, 0.3) is 0 Å². The number of nitro groups is 1. The van der Waals surface area contributed by atoms with Gasteiger partial charge in [-0.1, -0.05) is 0 Å². The van der Waals surface area contributed by atoms with Crippen molar-refractivity contribution >= 4 is 25.1 Å². The predicted octanol–water partition coefficient (Wildman–Crippen LogP) is 2.87. The number of hydrogen-bond acceptors (Lipinski definition) is 3. The zero-order valence-electron chi connectivity index (χ0n) is 11.3. The van der Waals surface area contributed by atoms with E-state index in [0.717, 1.165) is 17.5 Å². The molecule has 0 radical (unpaired) electrons. The van der Waals surface area contributed by atoms with Gasteiger partial charge in [0, 0.05) is 0 Å². The monoisotopic (exact) mass is 349 g/mol. The molecule has 0 spiro atoms. The summed E-state index contributed by atoms with van der Waals surface area (Å²) in [6.45, 7) is 0.729. The van der Waals surface area contributed by atoms with Crippen molar-refractivity contribution in [2.75, 3.05) is 6.61 Å². The number of ether oxygens (including phenoxy) is 1. The Kier molecular flexibility index (Phi) is 4.34. The van der Waals surface area contributed by atoms with Crippen LogP contribution in [0.15, 0.2) is 54.6 Å². The molecule has 108 valence electrons. The van der Waals surface area contributed by atoms with E-state index in [1.807, 2.05) is 30.3 Å². The zero-order chi connectivity index (χ0) is 14.7. The van der Waals surface area contributed by atoms with Crippen molar-refractivity contribution < 1.29 is 9.66 Å². The molecule has 1 aliphatic rings. The van der Waals surface area contributed by atoms with Crippen LogP contribution in [0.3, 0.4) is 0 Å². The van der Waals surface area contributed by atoms with Gasteiger partial charge in [-0.3, -0.25) is 0 Å². The first kappa shape index (κ1) is 14.3. The summed E-state index contributed by atoms with van der Waals surface area (Å²) < 4.78 is 6.72. The van der Waals surface area contributed by atoms with Gasteiger partial charge in [0.05, 0.1) is 0 Å². The second-order valence-electron chi connectivity index (χ2n) is 4.87. The van der Waals surface area contributed by atoms with Crippen LogP contribution in [-0.4, -0.2) is 26.5 Å². The Balaban J connectivity index is 1.83. The van der Waals surface area contributed by atoms with E-state index in [0.29, 0.717) is 4.82 Å². The van der Waals surface area contributed by atoms with Crippen LogP contribution < -0.4 is 4.46 Å². The van der Waals surface area contributed by atoms with Gasteiger partial charge in [0.1, 0.15) is 0 Å². The van der Waals surface area contributed by atoms with Gasteiger partial charge < -0.3 is 0 Å². The van der Waals surface area contributed by atoms with E-state index >= 15 is 0 Å². The number of nitrogens with zero attached hydrogens (tertiary/aromatic N) is 1. The van der Waals surface area contributed by atoms with Crippen molar-refractivity contribution in [1.82, 2.24) is 0 Å². The van der Waals surface area contributed by atoms with E-state index in [4.69, 9.17) is 4.74 Å². The Hall–Kier alpha value is -1.68. The third-order valence-electron chi connectivity index (χ3n) is 3.51. The number of benzene rings is 2. The topological polar surface area (TPSA) is 52.4 Å². The zero-order valence-corrected chi connectivity index (χ0v) is 13.1. The molecule has 1 saturated heterocycles. The van der Waals surface area contributed by atoms with Gasteiger partial charge in [0.25, 0.3) is 0 Å². The molecule has 2 aromatic carbocycles. The summed E-state index contributed by atoms with van der Waals surface area (Å²) in [5.74, 6) is 0. The second-order valence-corrected chi connectivity index (χ2v) is 7.56. The molecule has 0 N–H and O–H groups in total. The SMILES string of the molecule is O=[N+]([O-])c1ccccc1[Se][C@H]1CCO[C@@H]1c1ccccc1. The summed E-state index contributed by atoms with van der Waals surface area (Å²) in [5, 5.41) is 11.1. The van der Waals surface area contributed by atoms with E-state index in [1.54, 1.807) is 12.1 Å². The molecule has 5 heteroatoms. The van der Waals surface area contributed by atoms with Crippen molar-refractivity contribution in [1.29, 1.82) is 0 Å². The van der Waals surface area contributed by atoms with Crippen molar-refractivity contribution in [2.45, 2.75) is 17.3 Å². The maximum atomic E-state index is 11.1. The first-order chi connectivity index (χ1) is 10.3. The number of hydrogen-bond donors (Lipinski definition) is 0. The third kappa shape index (κ3) is 3.16. The molecular formula is C16H15NO3Se. The average Bonchev–Trinajstić information content (AvgIpc) is 2.96. The van der Waals surface area contributed by atoms with Crippen molar-refractivity contribution in [3.05, 3.63) is 70.3 Å². The fraction of sp³-hybridized carbons (Fsp3) is 0.250. The fourth-order valence-electron chi connectivity index (χ4n) is 2.51. The van der Waals surface area contributed by atoms with Crippen molar-refractivity contribution in [3.8, 4) is 0 Å². The van der Waals surface area contributed by atoms with Crippen molar-refractivity contribution in [2.24, 2.45) is 0 Å². The van der Waals surface area contributed by atoms with Crippen LogP contribution in [-0.2, 0) is 4.74 Å². The molecule has 1 fully saturated rings. The molecule has 3 rings (SSSR count). The van der Waals surface area contributed by atoms with Crippen LogP contribution in [0.1, 0.15) is 18.1 Å². The molecule has 2 atom stereocenters. The van der Waals surface area contributed by atoms with Gasteiger partial charge in [0.2, 0.25) is 0 Å². The maximum absolute atomic E-state index is 11.1. The Morgan fingerprint density at radius 2 is 1.81 bits per heavy atom. The van der Waals surface area contributed by atoms with Gasteiger partial charge in [-0.05, 0) is 0 Å². The summed E-state index contributed by atoms with van der Waals surface area (Å²) in [7, 11) is 0. The molecule has 1 heterocycles. The van der Waals surface area contributed by atoms with Gasteiger partial charge in [-0.2, -0.15) is 0 Å². The van der Waals surface area contributed by atoms with Gasteiger partial charge >= 0.3 is 129 Å². The fourth-order valence-corrected chi connectivity index (χ4v) is 5.28. The Morgan fingerprint density at radius 1 is 1.10 bits per heavy atom. The van der Waals surface area contributed by atoms with E-state index < -0.39 is 0 Å². The number of para-hydroxylation sites is 1. The molecule has 0 aromatic heterocycles. The molecular weight excluding hydrogens is 333 g/mol. The molecule has 21 heavy (non-hydrogen) atoms. The van der Waals surface area contributed by atoms with Crippen LogP contribution in [0.4, 0.5) is 5.69 Å². The van der Waals surface area contributed by atoms with Crippen LogP contribution >= 0.6 is 0 Å². The average molecular weight is 348 g/mol. The Bertz CT molecular complexity index is 632. The molecule has 0 saturated carbocycles. The molecule has 2 aromatic rings. The minimum absolute atomic E-state index is 0.0284. The molecule has 0 unspecified atom stereocenters. The second kappa shape index (κ2) is 6.39. The molecule has 4 nitrogen and oxygen atoms in total. The first-order valence-corrected chi connectivity index (χ1v) is 8.67. The minimum atomic E-state index is -0.287. The predicted molar refractivity (Wildman–Crippen MR) is 82.0 cm³/mol. The first-order valence-electron chi connectivity index (χ1n) is 6.82. The molecule has 0 bridgehead atoms. The van der Waals surface area contributed by atoms with Crippen LogP contribution in [0.2, 0.25) is 4.82 Å².